The molecule has 0 radical (unpaired) electrons. The molecule has 1 unspecified atom stereocenters. The standard InChI is InChI=1S/C18H13NO5/c1-10-5-4-8-14-13(10)9-15(23-14)18(22)24-19-16(20)11-6-2-3-7-12(11)17(19)21/h2-8,15H,9H2,1H3. The molecule has 2 aliphatic heterocycles. The number of benzene rings is 2. The van der Waals surface area contributed by atoms with Crippen LogP contribution in [0.25, 0.3) is 0 Å². The fourth-order valence-corrected chi connectivity index (χ4v) is 2.96. The van der Waals surface area contributed by atoms with Gasteiger partial charge in [0, 0.05) is 12.0 Å². The van der Waals surface area contributed by atoms with Crippen molar-refractivity contribution < 1.29 is 24.0 Å². The van der Waals surface area contributed by atoms with Crippen LogP contribution in [0.2, 0.25) is 0 Å². The summed E-state index contributed by atoms with van der Waals surface area (Å²) in [4.78, 5) is 41.8. The number of carbonyl (C=O) groups excluding carboxylic acids is 3. The SMILES string of the molecule is Cc1cccc2c1CC(C(=O)ON1C(=O)c3ccccc3C1=O)O2. The van der Waals surface area contributed by atoms with Crippen molar-refractivity contribution in [2.24, 2.45) is 0 Å². The molecule has 0 fully saturated rings. The highest BCUT2D eigenvalue weighted by atomic mass is 16.7. The van der Waals surface area contributed by atoms with E-state index in [1.807, 2.05) is 19.1 Å². The lowest BCUT2D eigenvalue weighted by Crippen LogP contribution is -2.38. The van der Waals surface area contributed by atoms with E-state index < -0.39 is 23.9 Å². The summed E-state index contributed by atoms with van der Waals surface area (Å²) in [5, 5.41) is 0.506. The van der Waals surface area contributed by atoms with Crippen LogP contribution < -0.4 is 4.74 Å². The summed E-state index contributed by atoms with van der Waals surface area (Å²) in [6.45, 7) is 1.93. The zero-order valence-corrected chi connectivity index (χ0v) is 12.8. The molecular formula is C18H13NO5. The molecule has 120 valence electrons. The summed E-state index contributed by atoms with van der Waals surface area (Å²) in [7, 11) is 0. The number of amides is 2. The number of hydrogen-bond donors (Lipinski definition) is 0. The molecule has 24 heavy (non-hydrogen) atoms. The van der Waals surface area contributed by atoms with E-state index in [1.54, 1.807) is 18.2 Å². The Kier molecular flexibility index (Phi) is 3.13. The van der Waals surface area contributed by atoms with Crippen LogP contribution in [0.5, 0.6) is 5.75 Å². The Bertz CT molecular complexity index is 854. The molecule has 2 amide bonds. The van der Waals surface area contributed by atoms with Crippen LogP contribution >= 0.6 is 0 Å². The molecule has 0 saturated carbocycles. The van der Waals surface area contributed by atoms with Crippen molar-refractivity contribution in [1.29, 1.82) is 0 Å². The number of ether oxygens (including phenoxy) is 1. The lowest BCUT2D eigenvalue weighted by atomic mass is 10.0. The largest absolute Gasteiger partial charge is 0.478 e. The number of rotatable bonds is 2. The topological polar surface area (TPSA) is 72.9 Å². The minimum absolute atomic E-state index is 0.224. The van der Waals surface area contributed by atoms with Crippen LogP contribution in [0.1, 0.15) is 31.8 Å². The maximum absolute atomic E-state index is 12.3. The number of carbonyl (C=O) groups is 3. The van der Waals surface area contributed by atoms with Gasteiger partial charge in [-0.1, -0.05) is 29.3 Å². The van der Waals surface area contributed by atoms with E-state index in [0.717, 1.165) is 11.1 Å². The van der Waals surface area contributed by atoms with Crippen molar-refractivity contribution in [2.45, 2.75) is 19.4 Å². The lowest BCUT2D eigenvalue weighted by Gasteiger charge is -2.15. The third-order valence-electron chi connectivity index (χ3n) is 4.23. The van der Waals surface area contributed by atoms with E-state index in [9.17, 15) is 14.4 Å². The summed E-state index contributed by atoms with van der Waals surface area (Å²) >= 11 is 0. The Morgan fingerprint density at radius 1 is 1.08 bits per heavy atom. The normalized spacial score (nSPS) is 18.2. The molecule has 2 aromatic carbocycles. The molecule has 2 aliphatic rings. The fraction of sp³-hybridized carbons (Fsp3) is 0.167. The molecule has 6 heteroatoms. The Morgan fingerprint density at radius 3 is 2.38 bits per heavy atom. The van der Waals surface area contributed by atoms with Crippen molar-refractivity contribution in [2.75, 3.05) is 0 Å². The molecule has 1 atom stereocenters. The average molecular weight is 323 g/mol. The van der Waals surface area contributed by atoms with Gasteiger partial charge < -0.3 is 9.57 Å². The molecule has 0 aliphatic carbocycles. The van der Waals surface area contributed by atoms with Crippen LogP contribution in [0.3, 0.4) is 0 Å². The predicted molar refractivity (Wildman–Crippen MR) is 82.3 cm³/mol. The number of aryl methyl sites for hydroxylation is 1. The van der Waals surface area contributed by atoms with Gasteiger partial charge in [-0.2, -0.15) is 0 Å². The van der Waals surface area contributed by atoms with Gasteiger partial charge >= 0.3 is 5.97 Å². The number of nitrogens with zero attached hydrogens (tertiary/aromatic N) is 1. The highest BCUT2D eigenvalue weighted by Crippen LogP contribution is 2.32. The van der Waals surface area contributed by atoms with E-state index in [1.165, 1.54) is 12.1 Å². The lowest BCUT2D eigenvalue weighted by molar-refractivity contribution is -0.176. The zero-order valence-electron chi connectivity index (χ0n) is 12.8. The van der Waals surface area contributed by atoms with Crippen LogP contribution in [0.15, 0.2) is 42.5 Å². The summed E-state index contributed by atoms with van der Waals surface area (Å²) in [5.41, 5.74) is 2.40. The second-order valence-corrected chi connectivity index (χ2v) is 5.72. The van der Waals surface area contributed by atoms with E-state index in [2.05, 4.69) is 0 Å². The van der Waals surface area contributed by atoms with Gasteiger partial charge in [-0.25, -0.2) is 4.79 Å². The van der Waals surface area contributed by atoms with Crippen molar-refractivity contribution in [3.05, 3.63) is 64.7 Å². The number of hydroxylamine groups is 2. The second kappa shape index (κ2) is 5.19. The first-order chi connectivity index (χ1) is 11.6. The Hall–Kier alpha value is -3.15. The van der Waals surface area contributed by atoms with Crippen LogP contribution in [-0.2, 0) is 16.1 Å². The molecule has 0 saturated heterocycles. The van der Waals surface area contributed by atoms with Gasteiger partial charge in [0.2, 0.25) is 6.10 Å². The Morgan fingerprint density at radius 2 is 1.75 bits per heavy atom. The molecule has 0 spiro atoms. The molecule has 0 N–H and O–H groups in total. The molecular weight excluding hydrogens is 310 g/mol. The Labute approximate surface area is 137 Å². The first-order valence-corrected chi connectivity index (χ1v) is 7.51. The van der Waals surface area contributed by atoms with E-state index in [-0.39, 0.29) is 11.1 Å². The van der Waals surface area contributed by atoms with Crippen molar-refractivity contribution in [3.63, 3.8) is 0 Å². The van der Waals surface area contributed by atoms with Crippen molar-refractivity contribution in [1.82, 2.24) is 5.06 Å². The van der Waals surface area contributed by atoms with Gasteiger partial charge in [-0.15, -0.1) is 0 Å². The van der Waals surface area contributed by atoms with Gasteiger partial charge in [0.15, 0.2) is 0 Å². The summed E-state index contributed by atoms with van der Waals surface area (Å²) in [5.74, 6) is -1.43. The summed E-state index contributed by atoms with van der Waals surface area (Å²) in [6, 6.07) is 11.9. The molecule has 4 rings (SSSR count). The highest BCUT2D eigenvalue weighted by molar-refractivity contribution is 6.20. The average Bonchev–Trinajstić information content (AvgIpc) is 3.12. The van der Waals surface area contributed by atoms with Gasteiger partial charge in [0.25, 0.3) is 11.8 Å². The summed E-state index contributed by atoms with van der Waals surface area (Å²) < 4.78 is 5.58. The number of imide groups is 1. The first kappa shape index (κ1) is 14.4. The van der Waals surface area contributed by atoms with Crippen molar-refractivity contribution >= 4 is 17.8 Å². The molecule has 2 heterocycles. The number of fused-ring (bicyclic) bond motifs is 2. The monoisotopic (exact) mass is 323 g/mol. The highest BCUT2D eigenvalue weighted by Gasteiger charge is 2.41. The van der Waals surface area contributed by atoms with Crippen LogP contribution in [-0.4, -0.2) is 29.0 Å². The summed E-state index contributed by atoms with van der Waals surface area (Å²) in [6.07, 6.45) is -0.519. The first-order valence-electron chi connectivity index (χ1n) is 7.51. The minimum atomic E-state index is -0.870. The van der Waals surface area contributed by atoms with Crippen LogP contribution in [0.4, 0.5) is 0 Å². The third-order valence-corrected chi connectivity index (χ3v) is 4.23. The Balaban J connectivity index is 1.52. The molecule has 6 nitrogen and oxygen atoms in total. The van der Waals surface area contributed by atoms with E-state index in [4.69, 9.17) is 9.57 Å². The number of hydrogen-bond acceptors (Lipinski definition) is 5. The second-order valence-electron chi connectivity index (χ2n) is 5.72. The van der Waals surface area contributed by atoms with Gasteiger partial charge in [-0.05, 0) is 30.7 Å². The maximum Gasteiger partial charge on any atom is 0.373 e. The minimum Gasteiger partial charge on any atom is -0.478 e. The fourth-order valence-electron chi connectivity index (χ4n) is 2.96. The van der Waals surface area contributed by atoms with Gasteiger partial charge in [0.1, 0.15) is 5.75 Å². The zero-order chi connectivity index (χ0) is 16.8. The van der Waals surface area contributed by atoms with Gasteiger partial charge in [-0.3, -0.25) is 9.59 Å². The van der Waals surface area contributed by atoms with Crippen LogP contribution in [0, 0.1) is 6.92 Å². The third kappa shape index (κ3) is 2.07. The maximum atomic E-state index is 12.3. The van der Waals surface area contributed by atoms with Gasteiger partial charge in [0.05, 0.1) is 11.1 Å². The predicted octanol–water partition coefficient (Wildman–Crippen LogP) is 2.05. The molecule has 2 aromatic rings. The smallest absolute Gasteiger partial charge is 0.373 e. The molecule has 0 bridgehead atoms. The van der Waals surface area contributed by atoms with E-state index in [0.29, 0.717) is 17.2 Å². The van der Waals surface area contributed by atoms with Crippen molar-refractivity contribution in [3.8, 4) is 5.75 Å². The quantitative estimate of drug-likeness (QED) is 0.791. The molecule has 0 aromatic heterocycles. The van der Waals surface area contributed by atoms with E-state index >= 15 is 0 Å².